The summed E-state index contributed by atoms with van der Waals surface area (Å²) in [5.74, 6) is 0.398. The third-order valence-corrected chi connectivity index (χ3v) is 7.11. The van der Waals surface area contributed by atoms with Crippen LogP contribution in [0.15, 0.2) is 29.2 Å². The van der Waals surface area contributed by atoms with Gasteiger partial charge in [-0.2, -0.15) is 0 Å². The summed E-state index contributed by atoms with van der Waals surface area (Å²) in [5.41, 5.74) is -0.450. The minimum absolute atomic E-state index is 0.235. The maximum Gasteiger partial charge on any atom is 0.242 e. The molecule has 0 bridgehead atoms. The van der Waals surface area contributed by atoms with Crippen LogP contribution in [0.25, 0.3) is 10.1 Å². The van der Waals surface area contributed by atoms with Crippen molar-refractivity contribution in [2.24, 2.45) is 5.92 Å². The lowest BCUT2D eigenvalue weighted by atomic mass is 10.0. The zero-order chi connectivity index (χ0) is 15.3. The highest BCUT2D eigenvalue weighted by Crippen LogP contribution is 2.41. The van der Waals surface area contributed by atoms with Crippen LogP contribution in [0.3, 0.4) is 0 Å². The van der Waals surface area contributed by atoms with Gasteiger partial charge in [-0.25, -0.2) is 13.1 Å². The number of aliphatic hydroxyl groups is 1. The molecular formula is C15H19NO3S2. The molecule has 1 heterocycles. The zero-order valence-electron chi connectivity index (χ0n) is 12.1. The fourth-order valence-corrected chi connectivity index (χ4v) is 6.03. The Balaban J connectivity index is 2.09. The number of fused-ring (bicyclic) bond motifs is 1. The van der Waals surface area contributed by atoms with Gasteiger partial charge in [-0.1, -0.05) is 18.2 Å². The highest BCUT2D eigenvalue weighted by molar-refractivity contribution is 7.90. The van der Waals surface area contributed by atoms with Gasteiger partial charge in [0.05, 0.1) is 11.5 Å². The Morgan fingerprint density at radius 1 is 1.33 bits per heavy atom. The molecule has 0 atom stereocenters. The first-order chi connectivity index (χ1) is 9.85. The highest BCUT2D eigenvalue weighted by Gasteiger charge is 2.41. The third-order valence-electron chi connectivity index (χ3n) is 4.03. The predicted molar refractivity (Wildman–Crippen MR) is 84.9 cm³/mol. The van der Waals surface area contributed by atoms with E-state index in [1.165, 1.54) is 11.3 Å². The molecule has 2 aromatic rings. The van der Waals surface area contributed by atoms with Gasteiger partial charge in [0.1, 0.15) is 4.90 Å². The molecule has 0 saturated heterocycles. The maximum atomic E-state index is 12.8. The van der Waals surface area contributed by atoms with Gasteiger partial charge in [-0.3, -0.25) is 0 Å². The van der Waals surface area contributed by atoms with Crippen LogP contribution in [0.1, 0.15) is 31.6 Å². The van der Waals surface area contributed by atoms with Crippen molar-refractivity contribution in [1.82, 2.24) is 4.72 Å². The van der Waals surface area contributed by atoms with Crippen molar-refractivity contribution in [2.75, 3.05) is 0 Å². The van der Waals surface area contributed by atoms with Crippen molar-refractivity contribution in [3.05, 3.63) is 29.1 Å². The van der Waals surface area contributed by atoms with E-state index < -0.39 is 15.6 Å². The van der Waals surface area contributed by atoms with Crippen molar-refractivity contribution in [3.8, 4) is 0 Å². The molecule has 2 N–H and O–H groups in total. The lowest BCUT2D eigenvalue weighted by Gasteiger charge is -2.26. The fraction of sp³-hybridized carbons (Fsp3) is 0.467. The average Bonchev–Trinajstić information content (AvgIpc) is 3.18. The van der Waals surface area contributed by atoms with Gasteiger partial charge in [0.15, 0.2) is 0 Å². The molecular weight excluding hydrogens is 306 g/mol. The number of aliphatic hydroxyl groups excluding tert-OH is 1. The number of hydrogen-bond acceptors (Lipinski definition) is 4. The second kappa shape index (κ2) is 5.05. The largest absolute Gasteiger partial charge is 0.391 e. The molecule has 1 aliphatic rings. The number of thiophene rings is 1. The summed E-state index contributed by atoms with van der Waals surface area (Å²) in [6.07, 6.45) is 2.12. The van der Waals surface area contributed by atoms with Gasteiger partial charge in [0.2, 0.25) is 10.0 Å². The van der Waals surface area contributed by atoms with Gasteiger partial charge in [0.25, 0.3) is 0 Å². The number of benzene rings is 1. The second-order valence-corrected chi connectivity index (χ2v) is 8.87. The second-order valence-electron chi connectivity index (χ2n) is 6.11. The van der Waals surface area contributed by atoms with E-state index in [0.717, 1.165) is 17.5 Å². The molecule has 0 aliphatic heterocycles. The van der Waals surface area contributed by atoms with Gasteiger partial charge in [-0.15, -0.1) is 11.3 Å². The van der Waals surface area contributed by atoms with Crippen molar-refractivity contribution in [3.63, 3.8) is 0 Å². The summed E-state index contributed by atoms with van der Waals surface area (Å²) in [6, 6.07) is 7.37. The van der Waals surface area contributed by atoms with Crippen LogP contribution < -0.4 is 4.72 Å². The van der Waals surface area contributed by atoms with E-state index in [9.17, 15) is 13.5 Å². The van der Waals surface area contributed by atoms with E-state index >= 15 is 0 Å². The zero-order valence-corrected chi connectivity index (χ0v) is 13.7. The molecule has 1 fully saturated rings. The Labute approximate surface area is 128 Å². The molecule has 21 heavy (non-hydrogen) atoms. The summed E-state index contributed by atoms with van der Waals surface area (Å²) in [5, 5.41) is 10.2. The summed E-state index contributed by atoms with van der Waals surface area (Å²) < 4.78 is 29.4. The van der Waals surface area contributed by atoms with Crippen LogP contribution in [0, 0.1) is 5.92 Å². The predicted octanol–water partition coefficient (Wildman–Crippen LogP) is 2.86. The Kier molecular flexibility index (Phi) is 3.60. The molecule has 0 spiro atoms. The van der Waals surface area contributed by atoms with Crippen LogP contribution in [0.4, 0.5) is 0 Å². The maximum absolute atomic E-state index is 12.8. The molecule has 0 amide bonds. The topological polar surface area (TPSA) is 66.4 Å². The van der Waals surface area contributed by atoms with Crippen LogP contribution in [-0.2, 0) is 16.6 Å². The lowest BCUT2D eigenvalue weighted by Crippen LogP contribution is -2.45. The minimum Gasteiger partial charge on any atom is -0.391 e. The van der Waals surface area contributed by atoms with Gasteiger partial charge in [0, 0.05) is 15.6 Å². The van der Waals surface area contributed by atoms with Crippen molar-refractivity contribution < 1.29 is 13.5 Å². The van der Waals surface area contributed by atoms with E-state index in [4.69, 9.17) is 0 Å². The molecule has 1 aromatic heterocycles. The van der Waals surface area contributed by atoms with E-state index in [1.807, 2.05) is 32.0 Å². The molecule has 3 rings (SSSR count). The van der Waals surface area contributed by atoms with E-state index in [0.29, 0.717) is 16.2 Å². The van der Waals surface area contributed by atoms with E-state index in [2.05, 4.69) is 4.72 Å². The molecule has 6 heteroatoms. The smallest absolute Gasteiger partial charge is 0.242 e. The molecule has 0 radical (unpaired) electrons. The van der Waals surface area contributed by atoms with Crippen LogP contribution in [0.5, 0.6) is 0 Å². The molecule has 4 nitrogen and oxygen atoms in total. The monoisotopic (exact) mass is 325 g/mol. The first kappa shape index (κ1) is 15.0. The molecule has 0 unspecified atom stereocenters. The van der Waals surface area contributed by atoms with Crippen LogP contribution in [-0.4, -0.2) is 19.1 Å². The average molecular weight is 325 g/mol. The van der Waals surface area contributed by atoms with E-state index in [1.54, 1.807) is 6.07 Å². The standard InChI is InChI=1S/C15H19NO3S2/c1-15(2,10-7-8-10)16-21(18,19)14-11-5-3-4-6-12(11)20-13(14)9-17/h3-6,10,16-17H,7-9H2,1-2H3. The Morgan fingerprint density at radius 2 is 2.00 bits per heavy atom. The normalized spacial score (nSPS) is 16.5. The first-order valence-corrected chi connectivity index (χ1v) is 9.30. The van der Waals surface area contributed by atoms with Crippen LogP contribution in [0.2, 0.25) is 0 Å². The number of sulfonamides is 1. The minimum atomic E-state index is -3.65. The molecule has 114 valence electrons. The molecule has 1 saturated carbocycles. The van der Waals surface area contributed by atoms with E-state index in [-0.39, 0.29) is 11.5 Å². The summed E-state index contributed by atoms with van der Waals surface area (Å²) >= 11 is 1.33. The van der Waals surface area contributed by atoms with Crippen molar-refractivity contribution in [1.29, 1.82) is 0 Å². The Bertz CT molecular complexity index is 773. The Morgan fingerprint density at radius 3 is 2.62 bits per heavy atom. The molecule has 1 aromatic carbocycles. The first-order valence-electron chi connectivity index (χ1n) is 7.00. The number of nitrogens with one attached hydrogen (secondary N) is 1. The van der Waals surface area contributed by atoms with Crippen molar-refractivity contribution >= 4 is 31.4 Å². The van der Waals surface area contributed by atoms with Crippen LogP contribution >= 0.6 is 11.3 Å². The fourth-order valence-electron chi connectivity index (χ4n) is 2.76. The Hall–Kier alpha value is -0.950. The number of hydrogen-bond donors (Lipinski definition) is 2. The third kappa shape index (κ3) is 2.73. The summed E-state index contributed by atoms with van der Waals surface area (Å²) in [6.45, 7) is 3.59. The molecule has 1 aliphatic carbocycles. The summed E-state index contributed by atoms with van der Waals surface area (Å²) in [7, 11) is -3.65. The van der Waals surface area contributed by atoms with Gasteiger partial charge >= 0.3 is 0 Å². The van der Waals surface area contributed by atoms with Gasteiger partial charge in [-0.05, 0) is 38.7 Å². The summed E-state index contributed by atoms with van der Waals surface area (Å²) in [4.78, 5) is 0.731. The lowest BCUT2D eigenvalue weighted by molar-refractivity contribution is 0.282. The quantitative estimate of drug-likeness (QED) is 0.888. The highest BCUT2D eigenvalue weighted by atomic mass is 32.2. The van der Waals surface area contributed by atoms with Crippen molar-refractivity contribution in [2.45, 2.75) is 43.7 Å². The SMILES string of the molecule is CC(C)(NS(=O)(=O)c1c(CO)sc2ccccc12)C1CC1. The van der Waals surface area contributed by atoms with Gasteiger partial charge < -0.3 is 5.11 Å². The number of rotatable bonds is 5.